The largest absolute Gasteiger partial charge is 0.399 e. The summed E-state index contributed by atoms with van der Waals surface area (Å²) >= 11 is 66.7. The van der Waals surface area contributed by atoms with Crippen LogP contribution >= 0.6 is 188 Å². The molecule has 0 spiro atoms. The second-order valence-corrected chi connectivity index (χ2v) is 34.8. The number of halogens is 14. The monoisotopic (exact) mass is 2160 g/mol. The third kappa shape index (κ3) is 33.2. The Hall–Kier alpha value is -8.00. The van der Waals surface area contributed by atoms with Gasteiger partial charge in [0.2, 0.25) is 6.08 Å². The summed E-state index contributed by atoms with van der Waals surface area (Å²) in [6.07, 6.45) is 2.93. The molecule has 622 valence electrons. The number of alkyl halides is 1. The first kappa shape index (κ1) is 98.4. The van der Waals surface area contributed by atoms with E-state index in [9.17, 15) is 39.3 Å². The third-order valence-electron chi connectivity index (χ3n) is 17.4. The molecule has 1 saturated heterocycles. The summed E-state index contributed by atoms with van der Waals surface area (Å²) in [5.41, 5.74) is 13.6. The van der Waals surface area contributed by atoms with Crippen molar-refractivity contribution in [2.24, 2.45) is 4.99 Å². The molecule has 1 aliphatic heterocycles. The van der Waals surface area contributed by atoms with E-state index < -0.39 is 17.9 Å². The van der Waals surface area contributed by atoms with E-state index >= 15 is 0 Å². The lowest BCUT2D eigenvalue weighted by Gasteiger charge is -2.32. The minimum absolute atomic E-state index is 0.0620. The quantitative estimate of drug-likeness (QED) is 0.0171. The number of carbonyl (C=O) groups is 4. The first-order chi connectivity index (χ1) is 57.9. The number of benzene rings is 13. The number of aryl methyl sites for hydroxylation is 2. The molecule has 3 unspecified atom stereocenters. The predicted molar refractivity (Wildman–Crippen MR) is 519 cm³/mol. The van der Waals surface area contributed by atoms with Crippen LogP contribution in [0.5, 0.6) is 0 Å². The number of ketones is 2. The van der Waals surface area contributed by atoms with Crippen molar-refractivity contribution in [3.8, 4) is 0 Å². The molecule has 0 aromatic heterocycles. The third-order valence-corrected chi connectivity index (χ3v) is 22.4. The van der Waals surface area contributed by atoms with Gasteiger partial charge in [0, 0.05) is 114 Å². The summed E-state index contributed by atoms with van der Waals surface area (Å²) in [5.74, 6) is 0.262. The van der Waals surface area contributed by atoms with Crippen molar-refractivity contribution in [1.29, 1.82) is 0 Å². The molecule has 0 radical (unpaired) electrons. The summed E-state index contributed by atoms with van der Waals surface area (Å²) in [5, 5.41) is 40.8. The molecule has 1 fully saturated rings. The molecule has 3 atom stereocenters. The Bertz CT molecular complexity index is 5500. The molecule has 0 bridgehead atoms. The number of carbonyl (C=O) groups excluding carboxylic acids is 5. The number of aliphatic imine (C=N–C) groups is 1. The number of rotatable bonds is 19. The van der Waals surface area contributed by atoms with Gasteiger partial charge >= 0.3 is 12.1 Å². The molecule has 14 rings (SSSR count). The summed E-state index contributed by atoms with van der Waals surface area (Å²) in [4.78, 5) is 66.9. The number of Topliss-reactive ketones (excluding diaryl/α,β-unsaturated/α-hetero) is 2. The van der Waals surface area contributed by atoms with Crippen LogP contribution in [0.1, 0.15) is 73.6 Å². The van der Waals surface area contributed by atoms with Crippen molar-refractivity contribution in [3.05, 3.63) is 417 Å². The molecule has 0 saturated carbocycles. The van der Waals surface area contributed by atoms with Crippen molar-refractivity contribution in [1.82, 2.24) is 0 Å². The SMILES string of the molecule is Nc1ccc(Cl)cc1.O=C(CBr)c1cccc(Br)c1.O=C(CCc1ccc(Cl)cc1)c1cccc(Br)c1.O=C(Nc1ccc(Cl)cc1)N(CC(O)c1cccc(Br)c1)c1ccc(Cl)cc1.O=C1N(c2ccc(Cl)cc2)CC(O)(c2cccc(Br)c2)N1c1ccc(Cl)cc1.O=C=Nc1ccc(Cl)cc1.OC(CCc1ccc(Cl)cc1)c1cccc(Br)c1. The molecule has 0 aliphatic carbocycles. The zero-order chi connectivity index (χ0) is 87.5. The minimum atomic E-state index is -1.56. The highest BCUT2D eigenvalue weighted by molar-refractivity contribution is 9.11. The maximum Gasteiger partial charge on any atom is 0.331 e. The Kier molecular flexibility index (Phi) is 41.2. The fourth-order valence-electron chi connectivity index (χ4n) is 11.3. The standard InChI is InChI=1S/C21H15BrCl2N2O2.C21H17BrCl2N2O2.C15H14BrClO.C15H12BrClO.C8H6Br2O.C7H4ClNO.C6H6ClN/c22-15-3-1-2-14(12-15)21(28)13-25(18-8-4-16(23)5-9-18)20(27)26(21)19-10-6-17(24)7-11-19;22-15-3-1-2-14(12-15)20(27)13-26(19-10-6-17(24)7-11-19)21(28)25-18-8-4-16(23)5-9-18;2*16-13-3-1-2-12(10-13)15(18)9-6-11-4-7-14(17)8-5-11;9-5-8(11)6-2-1-3-7(10)4-6;8-6-1-3-7(4-2-6)9-5-10;7-5-1-3-6(8)4-2-5/h1-12,28H,13H2;1-12,20,27H,13H2,(H,25,28);1-5,7-8,10,15,18H,6,9H2;1-5,7-8,10H,6,9H2;1-4H,5H2;1-4H;1-4H,8H2. The molecule has 4 amide bonds. The van der Waals surface area contributed by atoms with E-state index in [1.807, 2.05) is 158 Å². The molecule has 1 heterocycles. The number of anilines is 5. The number of hydrogen-bond acceptors (Lipinski definition) is 10. The van der Waals surface area contributed by atoms with Crippen LogP contribution in [0.4, 0.5) is 43.7 Å². The van der Waals surface area contributed by atoms with E-state index in [-0.39, 0.29) is 36.7 Å². The van der Waals surface area contributed by atoms with Crippen LogP contribution in [-0.2, 0) is 23.4 Å². The maximum atomic E-state index is 13.4. The first-order valence-electron chi connectivity index (χ1n) is 36.5. The second-order valence-electron chi connectivity index (χ2n) is 26.2. The van der Waals surface area contributed by atoms with Gasteiger partial charge in [-0.3, -0.25) is 24.3 Å². The smallest absolute Gasteiger partial charge is 0.331 e. The summed E-state index contributed by atoms with van der Waals surface area (Å²) in [7, 11) is 0. The van der Waals surface area contributed by atoms with E-state index in [4.69, 9.17) is 98.5 Å². The van der Waals surface area contributed by atoms with E-state index in [1.165, 1.54) is 26.3 Å². The van der Waals surface area contributed by atoms with E-state index in [0.717, 1.165) is 78.2 Å². The molecule has 1 aliphatic rings. The average molecular weight is 2170 g/mol. The second kappa shape index (κ2) is 50.7. The van der Waals surface area contributed by atoms with Gasteiger partial charge in [-0.05, 0) is 272 Å². The molecule has 28 heteroatoms. The molecule has 6 N–H and O–H groups in total. The fourth-order valence-corrected chi connectivity index (χ4v) is 14.7. The van der Waals surface area contributed by atoms with Crippen LogP contribution in [0.2, 0.25) is 40.2 Å². The normalized spacial score (nSPS) is 12.8. The number of nitrogens with zero attached hydrogens (tertiary/aromatic N) is 4. The maximum absolute atomic E-state index is 13.4. The lowest BCUT2D eigenvalue weighted by molar-refractivity contribution is 0.0654. The first-order valence-corrected chi connectivity index (χ1v) is 44.6. The van der Waals surface area contributed by atoms with Gasteiger partial charge in [0.15, 0.2) is 17.3 Å². The zero-order valence-corrected chi connectivity index (χ0v) is 79.2. The molecule has 13 aromatic carbocycles. The van der Waals surface area contributed by atoms with E-state index in [2.05, 4.69) is 106 Å². The van der Waals surface area contributed by atoms with E-state index in [1.54, 1.807) is 158 Å². The van der Waals surface area contributed by atoms with Gasteiger partial charge in [-0.25, -0.2) is 14.4 Å². The van der Waals surface area contributed by atoms with E-state index in [0.29, 0.717) is 82.8 Å². The number of nitrogens with two attached hydrogens (primary N) is 1. The van der Waals surface area contributed by atoms with Gasteiger partial charge in [0.25, 0.3) is 0 Å². The summed E-state index contributed by atoms with van der Waals surface area (Å²) < 4.78 is 4.52. The fraction of sp³-hybridized carbons (Fsp3) is 0.108. The van der Waals surface area contributed by atoms with Crippen LogP contribution in [0.15, 0.2) is 343 Å². The zero-order valence-electron chi connectivity index (χ0n) is 63.7. The van der Waals surface area contributed by atoms with Gasteiger partial charge in [-0.15, -0.1) is 0 Å². The van der Waals surface area contributed by atoms with Crippen molar-refractivity contribution >= 4 is 252 Å². The number of nitrogen functional groups attached to an aromatic ring is 1. The number of isocyanates is 1. The molecule has 121 heavy (non-hydrogen) atoms. The van der Waals surface area contributed by atoms with Crippen LogP contribution in [0.25, 0.3) is 0 Å². The highest BCUT2D eigenvalue weighted by atomic mass is 79.9. The van der Waals surface area contributed by atoms with Crippen molar-refractivity contribution < 1.29 is 39.3 Å². The number of nitrogens with one attached hydrogen (secondary N) is 1. The van der Waals surface area contributed by atoms with Crippen LogP contribution in [0, 0.1) is 0 Å². The average Bonchev–Trinajstić information content (AvgIpc) is 1.59. The van der Waals surface area contributed by atoms with Gasteiger partial charge in [0.1, 0.15) is 0 Å². The number of amides is 4. The Balaban J connectivity index is 0.000000183. The number of urea groups is 2. The lowest BCUT2D eigenvalue weighted by Crippen LogP contribution is -2.44. The highest BCUT2D eigenvalue weighted by Gasteiger charge is 2.51. The van der Waals surface area contributed by atoms with Gasteiger partial charge < -0.3 is 26.4 Å². The van der Waals surface area contributed by atoms with Crippen molar-refractivity contribution in [3.63, 3.8) is 0 Å². The highest BCUT2D eigenvalue weighted by Crippen LogP contribution is 2.42. The van der Waals surface area contributed by atoms with Crippen LogP contribution in [-0.4, -0.2) is 63.4 Å². The Morgan fingerprint density at radius 3 is 1.31 bits per heavy atom. The number of aliphatic hydroxyl groups excluding tert-OH is 2. The molecule has 14 nitrogen and oxygen atoms in total. The number of aliphatic hydroxyl groups is 3. The Morgan fingerprint density at radius 2 is 0.860 bits per heavy atom. The summed E-state index contributed by atoms with van der Waals surface area (Å²) in [6, 6.07) is 93.0. The predicted octanol–water partition coefficient (Wildman–Crippen LogP) is 29.5. The molecular formula is C93H74Br6Cl8N6O8. The van der Waals surface area contributed by atoms with Crippen molar-refractivity contribution in [2.75, 3.05) is 44.2 Å². The minimum Gasteiger partial charge on any atom is -0.399 e. The van der Waals surface area contributed by atoms with Crippen LogP contribution in [0.3, 0.4) is 0 Å². The van der Waals surface area contributed by atoms with Gasteiger partial charge in [-0.1, -0.05) is 273 Å². The van der Waals surface area contributed by atoms with Gasteiger partial charge in [0.05, 0.1) is 36.3 Å². The lowest BCUT2D eigenvalue weighted by atomic mass is 10.0. The Morgan fingerprint density at radius 1 is 0.471 bits per heavy atom. The van der Waals surface area contributed by atoms with Crippen LogP contribution < -0.4 is 25.8 Å². The topological polar surface area (TPSA) is 206 Å². The molecule has 13 aromatic rings. The molecular weight excluding hydrogens is 2090 g/mol. The number of β-amino-alcohol motifs (C(OH)–C–C–N with tert-alkyl or cyclic N) is 1. The number of hydrogen-bond donors (Lipinski definition) is 5. The Labute approximate surface area is 793 Å². The van der Waals surface area contributed by atoms with Crippen molar-refractivity contribution in [2.45, 2.75) is 43.6 Å². The summed E-state index contributed by atoms with van der Waals surface area (Å²) in [6.45, 7) is 0.129. The van der Waals surface area contributed by atoms with Gasteiger partial charge in [-0.2, -0.15) is 4.99 Å².